The summed E-state index contributed by atoms with van der Waals surface area (Å²) in [6, 6.07) is 8.23. The van der Waals surface area contributed by atoms with Crippen LogP contribution in [-0.4, -0.2) is 20.5 Å². The summed E-state index contributed by atoms with van der Waals surface area (Å²) in [4.78, 5) is 14.4. The van der Waals surface area contributed by atoms with Gasteiger partial charge in [0.2, 0.25) is 5.95 Å². The van der Waals surface area contributed by atoms with E-state index in [1.807, 2.05) is 12.1 Å². The molecule has 0 aliphatic carbocycles. The second kappa shape index (κ2) is 8.06. The second-order valence-electron chi connectivity index (χ2n) is 9.86. The lowest BCUT2D eigenvalue weighted by atomic mass is 9.87. The maximum Gasteiger partial charge on any atom is 0.230 e. The Labute approximate surface area is 170 Å². The summed E-state index contributed by atoms with van der Waals surface area (Å²) in [5.74, 6) is 2.29. The predicted octanol–water partition coefficient (Wildman–Crippen LogP) is 6.20. The van der Waals surface area contributed by atoms with Crippen LogP contribution in [0.5, 0.6) is 0 Å². The first-order valence-corrected chi connectivity index (χ1v) is 10.3. The summed E-state index contributed by atoms with van der Waals surface area (Å²) < 4.78 is 0. The topological polar surface area (TPSA) is 62.7 Å². The monoisotopic (exact) mass is 383 g/mol. The summed E-state index contributed by atoms with van der Waals surface area (Å²) in [5, 5.41) is 6.90. The van der Waals surface area contributed by atoms with Crippen LogP contribution in [0.2, 0.25) is 0 Å². The van der Waals surface area contributed by atoms with Gasteiger partial charge >= 0.3 is 0 Å². The third-order valence-corrected chi connectivity index (χ3v) is 5.25. The standard InChI is InChI=1S/C23H37N5/c1-10-22(6,7)18-25-19(23(8,9)11-2)27-20(26-18)24-16-13-12-14-17(15-16)28-21(3,4)5/h12-15,28H,10-11H2,1-9H3,(H,24,25,26,27). The van der Waals surface area contributed by atoms with Gasteiger partial charge in [0.05, 0.1) is 0 Å². The van der Waals surface area contributed by atoms with Crippen LogP contribution in [0.1, 0.15) is 86.8 Å². The van der Waals surface area contributed by atoms with E-state index < -0.39 is 0 Å². The molecule has 0 fully saturated rings. The van der Waals surface area contributed by atoms with Crippen LogP contribution in [0.4, 0.5) is 17.3 Å². The van der Waals surface area contributed by atoms with E-state index in [0.717, 1.165) is 35.9 Å². The number of nitrogens with one attached hydrogen (secondary N) is 2. The van der Waals surface area contributed by atoms with Crippen molar-refractivity contribution in [1.29, 1.82) is 0 Å². The third-order valence-electron chi connectivity index (χ3n) is 5.25. The average Bonchev–Trinajstić information content (AvgIpc) is 2.60. The quantitative estimate of drug-likeness (QED) is 0.596. The van der Waals surface area contributed by atoms with Gasteiger partial charge in [0, 0.05) is 27.7 Å². The first-order chi connectivity index (χ1) is 12.9. The van der Waals surface area contributed by atoms with Crippen molar-refractivity contribution in [1.82, 2.24) is 15.0 Å². The van der Waals surface area contributed by atoms with Gasteiger partial charge in [-0.15, -0.1) is 0 Å². The molecule has 1 aromatic heterocycles. The molecule has 1 heterocycles. The van der Waals surface area contributed by atoms with Crippen molar-refractivity contribution in [2.24, 2.45) is 0 Å². The van der Waals surface area contributed by atoms with Crippen molar-refractivity contribution >= 4 is 17.3 Å². The molecule has 0 saturated heterocycles. The molecule has 5 nitrogen and oxygen atoms in total. The molecule has 0 spiro atoms. The van der Waals surface area contributed by atoms with Gasteiger partial charge in [-0.25, -0.2) is 4.98 Å². The Morgan fingerprint density at radius 2 is 1.25 bits per heavy atom. The number of anilines is 3. The first kappa shape index (κ1) is 22.1. The van der Waals surface area contributed by atoms with E-state index >= 15 is 0 Å². The maximum atomic E-state index is 4.85. The minimum absolute atomic E-state index is 0.00241. The van der Waals surface area contributed by atoms with E-state index in [2.05, 4.69) is 85.1 Å². The summed E-state index contributed by atoms with van der Waals surface area (Å²) in [5.41, 5.74) is 1.82. The van der Waals surface area contributed by atoms with Gasteiger partial charge in [0.1, 0.15) is 11.6 Å². The number of hydrogen-bond acceptors (Lipinski definition) is 5. The Balaban J connectivity index is 2.44. The van der Waals surface area contributed by atoms with Gasteiger partial charge in [-0.2, -0.15) is 9.97 Å². The number of nitrogens with zero attached hydrogens (tertiary/aromatic N) is 3. The molecular formula is C23H37N5. The number of hydrogen-bond donors (Lipinski definition) is 2. The molecule has 5 heteroatoms. The molecule has 2 rings (SSSR count). The molecule has 0 aliphatic rings. The van der Waals surface area contributed by atoms with Crippen LogP contribution in [0.15, 0.2) is 24.3 Å². The van der Waals surface area contributed by atoms with Crippen LogP contribution in [0.25, 0.3) is 0 Å². The molecule has 1 aromatic carbocycles. The first-order valence-electron chi connectivity index (χ1n) is 10.3. The van der Waals surface area contributed by atoms with Crippen molar-refractivity contribution < 1.29 is 0 Å². The predicted molar refractivity (Wildman–Crippen MR) is 120 cm³/mol. The van der Waals surface area contributed by atoms with Crippen molar-refractivity contribution in [2.75, 3.05) is 10.6 Å². The van der Waals surface area contributed by atoms with E-state index in [1.54, 1.807) is 0 Å². The zero-order valence-corrected chi connectivity index (χ0v) is 19.1. The minimum Gasteiger partial charge on any atom is -0.380 e. The van der Waals surface area contributed by atoms with Crippen LogP contribution >= 0.6 is 0 Å². The van der Waals surface area contributed by atoms with Gasteiger partial charge in [-0.05, 0) is 51.8 Å². The Kier molecular flexibility index (Phi) is 6.37. The smallest absolute Gasteiger partial charge is 0.230 e. The van der Waals surface area contributed by atoms with Gasteiger partial charge < -0.3 is 10.6 Å². The summed E-state index contributed by atoms with van der Waals surface area (Å²) in [6.45, 7) is 19.5. The number of rotatable bonds is 7. The molecule has 154 valence electrons. The Bertz CT molecular complexity index is 769. The Morgan fingerprint density at radius 1 is 0.750 bits per heavy atom. The summed E-state index contributed by atoms with van der Waals surface area (Å²) in [6.07, 6.45) is 1.93. The number of benzene rings is 1. The maximum absolute atomic E-state index is 4.85. The zero-order chi connectivity index (χ0) is 21.2. The molecular weight excluding hydrogens is 346 g/mol. The Hall–Kier alpha value is -2.17. The van der Waals surface area contributed by atoms with Gasteiger partial charge in [0.15, 0.2) is 0 Å². The fraction of sp³-hybridized carbons (Fsp3) is 0.609. The van der Waals surface area contributed by atoms with Crippen molar-refractivity contribution in [3.63, 3.8) is 0 Å². The van der Waals surface area contributed by atoms with Gasteiger partial charge in [0.25, 0.3) is 0 Å². The molecule has 0 radical (unpaired) electrons. The molecule has 0 saturated carbocycles. The largest absolute Gasteiger partial charge is 0.380 e. The van der Waals surface area contributed by atoms with Crippen molar-refractivity contribution in [3.8, 4) is 0 Å². The van der Waals surface area contributed by atoms with E-state index in [4.69, 9.17) is 15.0 Å². The number of aromatic nitrogens is 3. The van der Waals surface area contributed by atoms with E-state index in [-0.39, 0.29) is 16.4 Å². The van der Waals surface area contributed by atoms with Crippen LogP contribution < -0.4 is 10.6 Å². The molecule has 0 atom stereocenters. The highest BCUT2D eigenvalue weighted by Crippen LogP contribution is 2.30. The normalized spacial score (nSPS) is 12.8. The fourth-order valence-corrected chi connectivity index (χ4v) is 2.59. The zero-order valence-electron chi connectivity index (χ0n) is 19.1. The average molecular weight is 384 g/mol. The third kappa shape index (κ3) is 5.66. The van der Waals surface area contributed by atoms with Crippen LogP contribution in [-0.2, 0) is 10.8 Å². The van der Waals surface area contributed by atoms with Crippen LogP contribution in [0.3, 0.4) is 0 Å². The highest BCUT2D eigenvalue weighted by atomic mass is 15.2. The van der Waals surface area contributed by atoms with Crippen molar-refractivity contribution in [3.05, 3.63) is 35.9 Å². The lowest BCUT2D eigenvalue weighted by Gasteiger charge is -2.26. The van der Waals surface area contributed by atoms with Gasteiger partial charge in [-0.1, -0.05) is 47.6 Å². The molecule has 0 unspecified atom stereocenters. The summed E-state index contributed by atoms with van der Waals surface area (Å²) in [7, 11) is 0. The summed E-state index contributed by atoms with van der Waals surface area (Å²) >= 11 is 0. The molecule has 0 amide bonds. The molecule has 2 N–H and O–H groups in total. The molecule has 0 bridgehead atoms. The van der Waals surface area contributed by atoms with Crippen LogP contribution in [0, 0.1) is 0 Å². The van der Waals surface area contributed by atoms with Crippen molar-refractivity contribution in [2.45, 2.75) is 91.5 Å². The fourth-order valence-electron chi connectivity index (χ4n) is 2.59. The lowest BCUT2D eigenvalue weighted by molar-refractivity contribution is 0.434. The second-order valence-corrected chi connectivity index (χ2v) is 9.86. The highest BCUT2D eigenvalue weighted by molar-refractivity contribution is 5.61. The molecule has 28 heavy (non-hydrogen) atoms. The lowest BCUT2D eigenvalue weighted by Crippen LogP contribution is -2.27. The molecule has 0 aliphatic heterocycles. The van der Waals surface area contributed by atoms with E-state index in [9.17, 15) is 0 Å². The van der Waals surface area contributed by atoms with E-state index in [0.29, 0.717) is 5.95 Å². The van der Waals surface area contributed by atoms with E-state index in [1.165, 1.54) is 0 Å². The SMILES string of the molecule is CCC(C)(C)c1nc(Nc2cccc(NC(C)(C)C)c2)nc(C(C)(C)CC)n1. The minimum atomic E-state index is -0.104. The van der Waals surface area contributed by atoms with Gasteiger partial charge in [-0.3, -0.25) is 0 Å². The highest BCUT2D eigenvalue weighted by Gasteiger charge is 2.28. The molecule has 2 aromatic rings. The Morgan fingerprint density at radius 3 is 1.71 bits per heavy atom.